The van der Waals surface area contributed by atoms with E-state index in [2.05, 4.69) is 0 Å². The summed E-state index contributed by atoms with van der Waals surface area (Å²) < 4.78 is 59.5. The normalized spacial score (nSPS) is 18.0. The molecule has 0 nitrogen and oxygen atoms in total. The molecule has 1 radical (unpaired) electrons. The molecule has 0 bridgehead atoms. The second kappa shape index (κ2) is 0.719. The van der Waals surface area contributed by atoms with Crippen molar-refractivity contribution >= 4 is 14.9 Å². The molecular formula is F6Li. The quantitative estimate of drug-likeness (QED) is 0.340. The topological polar surface area (TPSA) is 0 Å². The average molecular weight is 121 g/mol. The Kier molecular flexibility index (Phi) is 0.737. The Hall–Kier alpha value is 0.177. The summed E-state index contributed by atoms with van der Waals surface area (Å²) in [7, 11) is 0. The predicted octanol–water partition coefficient (Wildman–Crippen LogP) is 2.14. The molecule has 0 spiro atoms. The summed E-state index contributed by atoms with van der Waals surface area (Å²) in [5.74, 6) is 0. The van der Waals surface area contributed by atoms with Gasteiger partial charge in [-0.1, -0.05) is 0 Å². The Morgan fingerprint density at radius 3 is 0.571 bits per heavy atom. The summed E-state index contributed by atoms with van der Waals surface area (Å²) in [6.45, 7) is 0. The van der Waals surface area contributed by atoms with E-state index in [4.69, 9.17) is 0 Å². The fourth-order valence-corrected chi connectivity index (χ4v) is 0. The van der Waals surface area contributed by atoms with Crippen LogP contribution >= 0.6 is 0 Å². The number of rotatable bonds is 0. The molecule has 0 aromatic rings. The first-order valence-electron chi connectivity index (χ1n) is 2.27. The minimum atomic E-state index is -11.2. The first kappa shape index (κ1) is 7.18. The summed E-state index contributed by atoms with van der Waals surface area (Å²) in [5.41, 5.74) is 0. The molecule has 0 fully saturated rings. The summed E-state index contributed by atoms with van der Waals surface area (Å²) in [6.07, 6.45) is 0. The van der Waals surface area contributed by atoms with E-state index >= 15 is 0 Å². The van der Waals surface area contributed by atoms with Crippen LogP contribution < -0.4 is 0 Å². The van der Waals surface area contributed by atoms with Crippen molar-refractivity contribution in [2.24, 2.45) is 0 Å². The van der Waals surface area contributed by atoms with Crippen LogP contribution in [-0.4, -0.2) is 14.9 Å². The van der Waals surface area contributed by atoms with Crippen LogP contribution in [0.15, 0.2) is 0 Å². The van der Waals surface area contributed by atoms with E-state index in [1.54, 1.807) is 0 Å². The van der Waals surface area contributed by atoms with E-state index in [0.717, 1.165) is 0 Å². The van der Waals surface area contributed by atoms with E-state index < -0.39 is 14.9 Å². The van der Waals surface area contributed by atoms with Crippen LogP contribution in [0.3, 0.4) is 0 Å². The monoisotopic (exact) mass is 121 g/mol. The molecule has 0 saturated carbocycles. The van der Waals surface area contributed by atoms with Gasteiger partial charge in [-0.15, -0.1) is 0 Å². The molecule has 7 heavy (non-hydrogen) atoms. The van der Waals surface area contributed by atoms with Gasteiger partial charge in [0.05, 0.1) is 0 Å². The zero-order chi connectivity index (χ0) is 6.41. The Labute approximate surface area is 36.1 Å². The first-order valence-corrected chi connectivity index (χ1v) is 2.27. The molecule has 7 heteroatoms. The summed E-state index contributed by atoms with van der Waals surface area (Å²) in [4.78, 5) is 0. The molecule has 0 aliphatic carbocycles. The van der Waals surface area contributed by atoms with Crippen molar-refractivity contribution in [1.29, 1.82) is 0 Å². The van der Waals surface area contributed by atoms with Crippen LogP contribution in [-0.2, 0) is 0 Å². The van der Waals surface area contributed by atoms with E-state index in [0.29, 0.717) is 0 Å². The zero-order valence-electron chi connectivity index (χ0n) is 3.27. The molecule has 0 N–H and O–H groups in total. The van der Waals surface area contributed by atoms with Crippen LogP contribution in [0.25, 0.3) is 0 Å². The third-order valence-corrected chi connectivity index (χ3v) is 0. The third kappa shape index (κ3) is 3430. The Bertz CT molecular complexity index is 62.7. The van der Waals surface area contributed by atoms with Gasteiger partial charge in [0.25, 0.3) is 0 Å². The molecule has 0 aromatic carbocycles. The van der Waals surface area contributed by atoms with E-state index in [-0.39, 0.29) is 0 Å². The SMILES string of the molecule is [F][Li]([F])([F])([F])([F])[F]. The fraction of sp³-hybridized carbons (Fsp3) is 0. The summed E-state index contributed by atoms with van der Waals surface area (Å²) >= 11 is -11.2. The van der Waals surface area contributed by atoms with Gasteiger partial charge < -0.3 is 0 Å². The molecule has 43 valence electrons. The van der Waals surface area contributed by atoms with Crippen molar-refractivity contribution < 1.29 is 20.3 Å². The first-order chi connectivity index (χ1) is 2.45. The van der Waals surface area contributed by atoms with Crippen LogP contribution in [0.1, 0.15) is 0 Å². The van der Waals surface area contributed by atoms with Gasteiger partial charge in [0.2, 0.25) is 0 Å². The average Bonchev–Trinajstić information content (AvgIpc) is 0.592. The molecule has 0 aliphatic rings. The van der Waals surface area contributed by atoms with Crippen LogP contribution in [0.4, 0.5) is 20.3 Å². The van der Waals surface area contributed by atoms with Gasteiger partial charge in [-0.3, -0.25) is 0 Å². The van der Waals surface area contributed by atoms with Crippen molar-refractivity contribution in [1.82, 2.24) is 0 Å². The Morgan fingerprint density at radius 2 is 0.571 bits per heavy atom. The van der Waals surface area contributed by atoms with Gasteiger partial charge in [-0.2, -0.15) is 0 Å². The van der Waals surface area contributed by atoms with Gasteiger partial charge in [-0.25, -0.2) is 0 Å². The molecule has 0 heterocycles. The molecule has 0 aliphatic heterocycles. The molecule has 0 amide bonds. The number of hydrogen-bond acceptors (Lipinski definition) is 0. The molecule has 0 unspecified atom stereocenters. The minimum absolute atomic E-state index is 9.92. The maximum atomic E-state index is 9.92. The maximum absolute atomic E-state index is 11.2. The Morgan fingerprint density at radius 1 is 0.571 bits per heavy atom. The van der Waals surface area contributed by atoms with Crippen LogP contribution in [0.5, 0.6) is 0 Å². The van der Waals surface area contributed by atoms with Crippen LogP contribution in [0.2, 0.25) is 0 Å². The molecule has 0 saturated heterocycles. The standard InChI is InChI=1S/6FH.Li/h6*1H;/q;;;;;;+6/p-6. The second-order valence-corrected chi connectivity index (χ2v) is 2.14. The van der Waals surface area contributed by atoms with Crippen molar-refractivity contribution in [2.75, 3.05) is 0 Å². The van der Waals surface area contributed by atoms with Gasteiger partial charge in [0, 0.05) is 0 Å². The number of hydrogen-bond donors (Lipinski definition) is 0. The predicted molar refractivity (Wildman–Crippen MR) is 12.4 cm³/mol. The van der Waals surface area contributed by atoms with E-state index in [1.165, 1.54) is 0 Å². The molecule has 0 aromatic heterocycles. The van der Waals surface area contributed by atoms with Crippen molar-refractivity contribution in [2.45, 2.75) is 0 Å². The van der Waals surface area contributed by atoms with Crippen molar-refractivity contribution in [3.05, 3.63) is 0 Å². The van der Waals surface area contributed by atoms with Gasteiger partial charge >= 0.3 is 35.2 Å². The van der Waals surface area contributed by atoms with E-state index in [1.807, 2.05) is 0 Å². The molecule has 0 rings (SSSR count). The van der Waals surface area contributed by atoms with Crippen LogP contribution in [0, 0.1) is 0 Å². The van der Waals surface area contributed by atoms with Gasteiger partial charge in [0.1, 0.15) is 0 Å². The van der Waals surface area contributed by atoms with Gasteiger partial charge in [0.15, 0.2) is 0 Å². The fourth-order valence-electron chi connectivity index (χ4n) is 0. The zero-order valence-corrected chi connectivity index (χ0v) is 3.27. The molecule has 0 atom stereocenters. The van der Waals surface area contributed by atoms with Crippen molar-refractivity contribution in [3.63, 3.8) is 0 Å². The third-order valence-electron chi connectivity index (χ3n) is 0. The number of halogens is 6. The van der Waals surface area contributed by atoms with Gasteiger partial charge in [-0.05, 0) is 0 Å². The van der Waals surface area contributed by atoms with Crippen molar-refractivity contribution in [3.8, 4) is 0 Å². The second-order valence-electron chi connectivity index (χ2n) is 2.14. The summed E-state index contributed by atoms with van der Waals surface area (Å²) in [5, 5.41) is 0. The molecular weight excluding hydrogens is 121 g/mol. The summed E-state index contributed by atoms with van der Waals surface area (Å²) in [6, 6.07) is 0. The van der Waals surface area contributed by atoms with E-state index in [9.17, 15) is 20.3 Å². The Balaban J connectivity index is 4.43.